The molecule has 2 aromatic carbocycles. The lowest BCUT2D eigenvalue weighted by molar-refractivity contribution is -0.115. The molecule has 0 bridgehead atoms. The summed E-state index contributed by atoms with van der Waals surface area (Å²) in [5.41, 5.74) is 3.92. The quantitative estimate of drug-likeness (QED) is 0.588. The number of amides is 1. The van der Waals surface area contributed by atoms with Crippen LogP contribution in [0.15, 0.2) is 58.2 Å². The van der Waals surface area contributed by atoms with Gasteiger partial charge < -0.3 is 9.73 Å². The van der Waals surface area contributed by atoms with Crippen LogP contribution in [-0.4, -0.2) is 21.4 Å². The van der Waals surface area contributed by atoms with Crippen LogP contribution in [0.25, 0.3) is 11.5 Å². The number of nitrogens with zero attached hydrogens (tertiary/aromatic N) is 2. The number of nitrogens with one attached hydrogen (secondary N) is 1. The maximum atomic E-state index is 12.6. The molecule has 0 unspecified atom stereocenters. The van der Waals surface area contributed by atoms with Crippen molar-refractivity contribution >= 4 is 23.4 Å². The Morgan fingerprint density at radius 1 is 1.04 bits per heavy atom. The number of carbonyl (C=O) groups excluding carboxylic acids is 1. The summed E-state index contributed by atoms with van der Waals surface area (Å²) in [6.45, 7) is 8.04. The number of hydrogen-bond donors (Lipinski definition) is 1. The molecule has 0 aliphatic heterocycles. The highest BCUT2D eigenvalue weighted by atomic mass is 32.2. The molecule has 27 heavy (non-hydrogen) atoms. The Kier molecular flexibility index (Phi) is 5.96. The Hall–Kier alpha value is -2.60. The average molecular weight is 382 g/mol. The predicted molar refractivity (Wildman–Crippen MR) is 109 cm³/mol. The molecule has 6 heteroatoms. The molecule has 3 aromatic rings. The first kappa shape index (κ1) is 19.2. The standard InChI is InChI=1S/C21H23N3O2S/c1-13(2)16-10-7-8-12-18(16)22-19(25)15(4)27-21-24-23-20(26-21)17-11-6-5-9-14(17)3/h5-13,15H,1-4H3,(H,22,25)/t15-/m1/s1. The van der Waals surface area contributed by atoms with Crippen molar-refractivity contribution in [2.45, 2.75) is 44.1 Å². The number of benzene rings is 2. The average Bonchev–Trinajstić information content (AvgIpc) is 3.10. The fraction of sp³-hybridized carbons (Fsp3) is 0.286. The Bertz CT molecular complexity index is 936. The van der Waals surface area contributed by atoms with Gasteiger partial charge in [-0.05, 0) is 43.0 Å². The van der Waals surface area contributed by atoms with Crippen molar-refractivity contribution in [1.29, 1.82) is 0 Å². The number of anilines is 1. The van der Waals surface area contributed by atoms with Gasteiger partial charge in [-0.15, -0.1) is 10.2 Å². The van der Waals surface area contributed by atoms with E-state index in [2.05, 4.69) is 29.4 Å². The highest BCUT2D eigenvalue weighted by molar-refractivity contribution is 8.00. The van der Waals surface area contributed by atoms with Gasteiger partial charge in [0.15, 0.2) is 0 Å². The van der Waals surface area contributed by atoms with E-state index in [1.54, 1.807) is 0 Å². The van der Waals surface area contributed by atoms with Crippen molar-refractivity contribution in [2.75, 3.05) is 5.32 Å². The summed E-state index contributed by atoms with van der Waals surface area (Å²) in [4.78, 5) is 12.6. The third-order valence-corrected chi connectivity index (χ3v) is 5.20. The number of rotatable bonds is 6. The second-order valence-corrected chi connectivity index (χ2v) is 7.97. The van der Waals surface area contributed by atoms with Crippen LogP contribution in [-0.2, 0) is 4.79 Å². The lowest BCUT2D eigenvalue weighted by atomic mass is 10.0. The molecule has 1 atom stereocenters. The van der Waals surface area contributed by atoms with Crippen molar-refractivity contribution < 1.29 is 9.21 Å². The van der Waals surface area contributed by atoms with Crippen LogP contribution in [0.4, 0.5) is 5.69 Å². The van der Waals surface area contributed by atoms with E-state index in [4.69, 9.17) is 4.42 Å². The molecular weight excluding hydrogens is 358 g/mol. The van der Waals surface area contributed by atoms with Gasteiger partial charge in [0.2, 0.25) is 11.8 Å². The zero-order chi connectivity index (χ0) is 19.4. The van der Waals surface area contributed by atoms with Gasteiger partial charge in [-0.2, -0.15) is 0 Å². The first-order valence-corrected chi connectivity index (χ1v) is 9.79. The lowest BCUT2D eigenvalue weighted by Gasteiger charge is -2.15. The summed E-state index contributed by atoms with van der Waals surface area (Å²) in [7, 11) is 0. The van der Waals surface area contributed by atoms with E-state index < -0.39 is 0 Å². The summed E-state index contributed by atoms with van der Waals surface area (Å²) in [6, 6.07) is 15.7. The third kappa shape index (κ3) is 4.57. The highest BCUT2D eigenvalue weighted by Gasteiger charge is 2.20. The predicted octanol–water partition coefficient (Wildman–Crippen LogP) is 5.29. The summed E-state index contributed by atoms with van der Waals surface area (Å²) in [5, 5.41) is 11.2. The van der Waals surface area contributed by atoms with Gasteiger partial charge in [0.25, 0.3) is 5.22 Å². The van der Waals surface area contributed by atoms with E-state index in [0.29, 0.717) is 17.0 Å². The first-order chi connectivity index (χ1) is 13.0. The number of para-hydroxylation sites is 1. The van der Waals surface area contributed by atoms with Crippen LogP contribution >= 0.6 is 11.8 Å². The van der Waals surface area contributed by atoms with Crippen molar-refractivity contribution in [3.63, 3.8) is 0 Å². The normalized spacial score (nSPS) is 12.2. The minimum absolute atomic E-state index is 0.0938. The van der Waals surface area contributed by atoms with E-state index in [-0.39, 0.29) is 11.2 Å². The van der Waals surface area contributed by atoms with E-state index in [1.807, 2.05) is 62.4 Å². The third-order valence-electron chi connectivity index (χ3n) is 4.27. The van der Waals surface area contributed by atoms with Crippen LogP contribution in [0.2, 0.25) is 0 Å². The summed E-state index contributed by atoms with van der Waals surface area (Å²) < 4.78 is 5.74. The van der Waals surface area contributed by atoms with Crippen molar-refractivity contribution in [1.82, 2.24) is 10.2 Å². The molecule has 140 valence electrons. The fourth-order valence-electron chi connectivity index (χ4n) is 2.73. The number of carbonyl (C=O) groups is 1. The molecular formula is C21H23N3O2S. The molecule has 0 saturated carbocycles. The minimum Gasteiger partial charge on any atom is -0.411 e. The van der Waals surface area contributed by atoms with Gasteiger partial charge in [0, 0.05) is 11.3 Å². The number of hydrogen-bond acceptors (Lipinski definition) is 5. The molecule has 0 spiro atoms. The SMILES string of the molecule is Cc1ccccc1-c1nnc(S[C@H](C)C(=O)Nc2ccccc2C(C)C)o1. The zero-order valence-corrected chi connectivity index (χ0v) is 16.7. The summed E-state index contributed by atoms with van der Waals surface area (Å²) >= 11 is 1.25. The summed E-state index contributed by atoms with van der Waals surface area (Å²) in [6.07, 6.45) is 0. The largest absolute Gasteiger partial charge is 0.411 e. The summed E-state index contributed by atoms with van der Waals surface area (Å²) in [5.74, 6) is 0.703. The van der Waals surface area contributed by atoms with Crippen LogP contribution in [0, 0.1) is 6.92 Å². The molecule has 0 aliphatic carbocycles. The fourth-order valence-corrected chi connectivity index (χ4v) is 3.42. The second kappa shape index (κ2) is 8.39. The van der Waals surface area contributed by atoms with E-state index in [9.17, 15) is 4.79 Å². The van der Waals surface area contributed by atoms with Gasteiger partial charge in [0.05, 0.1) is 5.25 Å². The van der Waals surface area contributed by atoms with Gasteiger partial charge in [0.1, 0.15) is 0 Å². The number of aromatic nitrogens is 2. The van der Waals surface area contributed by atoms with Crippen LogP contribution < -0.4 is 5.32 Å². The van der Waals surface area contributed by atoms with Crippen LogP contribution in [0.5, 0.6) is 0 Å². The topological polar surface area (TPSA) is 68.0 Å². The number of aryl methyl sites for hydroxylation is 1. The van der Waals surface area contributed by atoms with Crippen molar-refractivity contribution in [3.05, 3.63) is 59.7 Å². The van der Waals surface area contributed by atoms with Crippen molar-refractivity contribution in [2.24, 2.45) is 0 Å². The molecule has 3 rings (SSSR count). The van der Waals surface area contributed by atoms with Gasteiger partial charge >= 0.3 is 0 Å². The van der Waals surface area contributed by atoms with Gasteiger partial charge in [-0.25, -0.2) is 0 Å². The molecule has 5 nitrogen and oxygen atoms in total. The highest BCUT2D eigenvalue weighted by Crippen LogP contribution is 2.29. The second-order valence-electron chi connectivity index (χ2n) is 6.68. The molecule has 0 fully saturated rings. The number of thioether (sulfide) groups is 1. The maximum Gasteiger partial charge on any atom is 0.277 e. The Balaban J connectivity index is 1.68. The Labute approximate surface area is 163 Å². The van der Waals surface area contributed by atoms with Gasteiger partial charge in [-0.1, -0.05) is 62.0 Å². The smallest absolute Gasteiger partial charge is 0.277 e. The van der Waals surface area contributed by atoms with E-state index >= 15 is 0 Å². The molecule has 1 amide bonds. The lowest BCUT2D eigenvalue weighted by Crippen LogP contribution is -2.23. The van der Waals surface area contributed by atoms with E-state index in [0.717, 1.165) is 22.4 Å². The molecule has 0 radical (unpaired) electrons. The molecule has 1 heterocycles. The van der Waals surface area contributed by atoms with Gasteiger partial charge in [-0.3, -0.25) is 4.79 Å². The zero-order valence-electron chi connectivity index (χ0n) is 15.9. The Morgan fingerprint density at radius 3 is 2.48 bits per heavy atom. The molecule has 1 N–H and O–H groups in total. The van der Waals surface area contributed by atoms with Crippen LogP contribution in [0.1, 0.15) is 37.8 Å². The molecule has 0 saturated heterocycles. The monoisotopic (exact) mass is 381 g/mol. The molecule has 0 aliphatic rings. The minimum atomic E-state index is -0.365. The van der Waals surface area contributed by atoms with Crippen molar-refractivity contribution in [3.8, 4) is 11.5 Å². The first-order valence-electron chi connectivity index (χ1n) is 8.91. The maximum absolute atomic E-state index is 12.6. The van der Waals surface area contributed by atoms with Crippen LogP contribution in [0.3, 0.4) is 0 Å². The Morgan fingerprint density at radius 2 is 1.74 bits per heavy atom. The van der Waals surface area contributed by atoms with E-state index in [1.165, 1.54) is 11.8 Å². The molecule has 1 aromatic heterocycles.